The van der Waals surface area contributed by atoms with Crippen LogP contribution in [0.3, 0.4) is 0 Å². The fourth-order valence-electron chi connectivity index (χ4n) is 1.55. The van der Waals surface area contributed by atoms with Crippen LogP contribution >= 0.6 is 0 Å². The summed E-state index contributed by atoms with van der Waals surface area (Å²) in [4.78, 5) is 11.6. The molecule has 1 saturated heterocycles. The molecule has 1 atom stereocenters. The average Bonchev–Trinajstić information content (AvgIpc) is 2.38. The highest BCUT2D eigenvalue weighted by molar-refractivity contribution is 5.89. The molecule has 1 heterocycles. The molecule has 4 heteroatoms. The smallest absolute Gasteiger partial charge is 0.338 e. The van der Waals surface area contributed by atoms with Gasteiger partial charge in [0.1, 0.15) is 12.7 Å². The maximum Gasteiger partial charge on any atom is 0.338 e. The second-order valence-corrected chi connectivity index (χ2v) is 3.66. The molecule has 1 aliphatic heterocycles. The first kappa shape index (κ1) is 11.1. The fourth-order valence-corrected chi connectivity index (χ4v) is 1.55. The molecule has 1 aliphatic rings. The van der Waals surface area contributed by atoms with Crippen molar-refractivity contribution in [1.29, 1.82) is 0 Å². The third kappa shape index (κ3) is 3.05. The molecule has 0 bridgehead atoms. The number of carbonyl (C=O) groups excluding carboxylic acids is 1. The number of morpholine rings is 1. The van der Waals surface area contributed by atoms with Gasteiger partial charge in [0.2, 0.25) is 0 Å². The summed E-state index contributed by atoms with van der Waals surface area (Å²) in [6, 6.07) is 8.97. The van der Waals surface area contributed by atoms with Crippen molar-refractivity contribution in [3.05, 3.63) is 35.9 Å². The summed E-state index contributed by atoms with van der Waals surface area (Å²) in [5, 5.41) is 3.18. The molecule has 0 aromatic heterocycles. The average molecular weight is 221 g/mol. The molecule has 16 heavy (non-hydrogen) atoms. The van der Waals surface area contributed by atoms with Gasteiger partial charge in [-0.05, 0) is 12.1 Å². The van der Waals surface area contributed by atoms with Crippen LogP contribution in [0.1, 0.15) is 10.4 Å². The Kier molecular flexibility index (Phi) is 3.91. The van der Waals surface area contributed by atoms with Gasteiger partial charge in [0.05, 0.1) is 12.2 Å². The lowest BCUT2D eigenvalue weighted by molar-refractivity contribution is -0.0214. The number of nitrogens with one attached hydrogen (secondary N) is 1. The Morgan fingerprint density at radius 1 is 1.44 bits per heavy atom. The molecular weight excluding hydrogens is 206 g/mol. The molecule has 1 N–H and O–H groups in total. The van der Waals surface area contributed by atoms with Crippen LogP contribution in [0.5, 0.6) is 0 Å². The Morgan fingerprint density at radius 2 is 2.25 bits per heavy atom. The van der Waals surface area contributed by atoms with E-state index in [2.05, 4.69) is 5.32 Å². The van der Waals surface area contributed by atoms with E-state index in [1.54, 1.807) is 12.1 Å². The number of esters is 1. The standard InChI is InChI=1S/C12H15NO3/c14-12(10-4-2-1-3-5-10)16-9-11-8-13-6-7-15-11/h1-5,11,13H,6-9H2/t11-/m0/s1. The van der Waals surface area contributed by atoms with Crippen LogP contribution in [-0.4, -0.2) is 38.4 Å². The summed E-state index contributed by atoms with van der Waals surface area (Å²) in [5.74, 6) is -0.297. The predicted octanol–water partition coefficient (Wildman–Crippen LogP) is 0.832. The minimum atomic E-state index is -0.297. The van der Waals surface area contributed by atoms with Crippen molar-refractivity contribution in [2.75, 3.05) is 26.3 Å². The molecule has 0 unspecified atom stereocenters. The molecular formula is C12H15NO3. The van der Waals surface area contributed by atoms with Crippen molar-refractivity contribution >= 4 is 5.97 Å². The second kappa shape index (κ2) is 5.63. The number of hydrogen-bond donors (Lipinski definition) is 1. The van der Waals surface area contributed by atoms with Crippen LogP contribution in [-0.2, 0) is 9.47 Å². The number of hydrogen-bond acceptors (Lipinski definition) is 4. The maximum atomic E-state index is 11.6. The van der Waals surface area contributed by atoms with E-state index in [1.807, 2.05) is 18.2 Å². The Hall–Kier alpha value is -1.39. The van der Waals surface area contributed by atoms with E-state index >= 15 is 0 Å². The van der Waals surface area contributed by atoms with E-state index in [1.165, 1.54) is 0 Å². The first-order valence-electron chi connectivity index (χ1n) is 5.41. The molecule has 1 aromatic rings. The summed E-state index contributed by atoms with van der Waals surface area (Å²) in [6.07, 6.45) is -0.0265. The fraction of sp³-hybridized carbons (Fsp3) is 0.417. The largest absolute Gasteiger partial charge is 0.459 e. The van der Waals surface area contributed by atoms with Crippen LogP contribution in [0.2, 0.25) is 0 Å². The Labute approximate surface area is 94.6 Å². The third-order valence-electron chi connectivity index (χ3n) is 2.41. The lowest BCUT2D eigenvalue weighted by atomic mass is 10.2. The molecule has 0 saturated carbocycles. The van der Waals surface area contributed by atoms with Crippen LogP contribution in [0.25, 0.3) is 0 Å². The molecule has 2 rings (SSSR count). The van der Waals surface area contributed by atoms with Gasteiger partial charge in [-0.3, -0.25) is 0 Å². The molecule has 86 valence electrons. The Morgan fingerprint density at radius 3 is 2.94 bits per heavy atom. The highest BCUT2D eigenvalue weighted by Gasteiger charge is 2.16. The normalized spacial score (nSPS) is 20.4. The number of ether oxygens (including phenoxy) is 2. The molecule has 0 amide bonds. The number of benzene rings is 1. The topological polar surface area (TPSA) is 47.6 Å². The highest BCUT2D eigenvalue weighted by Crippen LogP contribution is 2.03. The summed E-state index contributed by atoms with van der Waals surface area (Å²) >= 11 is 0. The second-order valence-electron chi connectivity index (χ2n) is 3.66. The van der Waals surface area contributed by atoms with Gasteiger partial charge >= 0.3 is 5.97 Å². The summed E-state index contributed by atoms with van der Waals surface area (Å²) in [6.45, 7) is 2.58. The lowest BCUT2D eigenvalue weighted by Gasteiger charge is -2.23. The van der Waals surface area contributed by atoms with Crippen molar-refractivity contribution in [3.8, 4) is 0 Å². The molecule has 1 aromatic carbocycles. The van der Waals surface area contributed by atoms with Gasteiger partial charge in [-0.1, -0.05) is 18.2 Å². The van der Waals surface area contributed by atoms with Crippen LogP contribution < -0.4 is 5.32 Å². The van der Waals surface area contributed by atoms with Crippen molar-refractivity contribution in [2.45, 2.75) is 6.10 Å². The van der Waals surface area contributed by atoms with Crippen LogP contribution in [0.15, 0.2) is 30.3 Å². The summed E-state index contributed by atoms with van der Waals surface area (Å²) in [5.41, 5.74) is 0.575. The van der Waals surface area contributed by atoms with Crippen molar-refractivity contribution in [2.24, 2.45) is 0 Å². The van der Waals surface area contributed by atoms with Crippen molar-refractivity contribution < 1.29 is 14.3 Å². The molecule has 4 nitrogen and oxygen atoms in total. The number of carbonyl (C=O) groups is 1. The van der Waals surface area contributed by atoms with Crippen LogP contribution in [0.4, 0.5) is 0 Å². The van der Waals surface area contributed by atoms with E-state index in [0.717, 1.165) is 13.1 Å². The predicted molar refractivity (Wildman–Crippen MR) is 59.3 cm³/mol. The minimum absolute atomic E-state index is 0.0265. The quantitative estimate of drug-likeness (QED) is 0.768. The van der Waals surface area contributed by atoms with E-state index in [4.69, 9.17) is 9.47 Å². The maximum absolute atomic E-state index is 11.6. The zero-order valence-corrected chi connectivity index (χ0v) is 9.02. The molecule has 1 fully saturated rings. The zero-order valence-electron chi connectivity index (χ0n) is 9.02. The SMILES string of the molecule is O=C(OC[C@@H]1CNCCO1)c1ccccc1. The van der Waals surface area contributed by atoms with E-state index in [0.29, 0.717) is 18.8 Å². The zero-order chi connectivity index (χ0) is 11.2. The summed E-state index contributed by atoms with van der Waals surface area (Å²) in [7, 11) is 0. The van der Waals surface area contributed by atoms with Gasteiger partial charge in [0.25, 0.3) is 0 Å². The van der Waals surface area contributed by atoms with Gasteiger partial charge in [0.15, 0.2) is 0 Å². The van der Waals surface area contributed by atoms with Crippen LogP contribution in [0, 0.1) is 0 Å². The van der Waals surface area contributed by atoms with Gasteiger partial charge < -0.3 is 14.8 Å². The highest BCUT2D eigenvalue weighted by atomic mass is 16.6. The Bertz CT molecular complexity index is 333. The van der Waals surface area contributed by atoms with E-state index in [-0.39, 0.29) is 12.1 Å². The molecule has 0 spiro atoms. The van der Waals surface area contributed by atoms with Crippen molar-refractivity contribution in [1.82, 2.24) is 5.32 Å². The number of rotatable bonds is 3. The third-order valence-corrected chi connectivity index (χ3v) is 2.41. The van der Waals surface area contributed by atoms with Crippen molar-refractivity contribution in [3.63, 3.8) is 0 Å². The monoisotopic (exact) mass is 221 g/mol. The van der Waals surface area contributed by atoms with E-state index in [9.17, 15) is 4.79 Å². The lowest BCUT2D eigenvalue weighted by Crippen LogP contribution is -2.41. The van der Waals surface area contributed by atoms with Gasteiger partial charge in [-0.2, -0.15) is 0 Å². The Balaban J connectivity index is 1.79. The van der Waals surface area contributed by atoms with Gasteiger partial charge in [-0.15, -0.1) is 0 Å². The first-order chi connectivity index (χ1) is 7.86. The molecule has 0 radical (unpaired) electrons. The summed E-state index contributed by atoms with van der Waals surface area (Å²) < 4.78 is 10.6. The van der Waals surface area contributed by atoms with E-state index < -0.39 is 0 Å². The molecule has 0 aliphatic carbocycles. The first-order valence-corrected chi connectivity index (χ1v) is 5.41. The minimum Gasteiger partial charge on any atom is -0.459 e. The van der Waals surface area contributed by atoms with Gasteiger partial charge in [-0.25, -0.2) is 4.79 Å². The van der Waals surface area contributed by atoms with Gasteiger partial charge in [0, 0.05) is 13.1 Å².